The highest BCUT2D eigenvalue weighted by Crippen LogP contribution is 2.07. The van der Waals surface area contributed by atoms with Crippen molar-refractivity contribution in [1.82, 2.24) is 0 Å². The van der Waals surface area contributed by atoms with E-state index in [1.807, 2.05) is 12.1 Å². The Morgan fingerprint density at radius 1 is 1.22 bits per heavy atom. The minimum absolute atomic E-state index is 0.707. The van der Waals surface area contributed by atoms with Gasteiger partial charge in [-0.1, -0.05) is 6.07 Å². The molecule has 0 saturated heterocycles. The van der Waals surface area contributed by atoms with Crippen LogP contribution >= 0.6 is 9.24 Å². The summed E-state index contributed by atoms with van der Waals surface area (Å²) in [6.07, 6.45) is 0. The van der Waals surface area contributed by atoms with Crippen LogP contribution < -0.4 is 16.8 Å². The molecular formula is C6H9N2P. The van der Waals surface area contributed by atoms with E-state index in [9.17, 15) is 0 Å². The molecule has 0 saturated carbocycles. The molecule has 0 spiro atoms. The Balaban J connectivity index is 3.17. The van der Waals surface area contributed by atoms with Crippen LogP contribution in [0.1, 0.15) is 0 Å². The molecule has 1 aromatic carbocycles. The lowest BCUT2D eigenvalue weighted by molar-refractivity contribution is 1.71. The van der Waals surface area contributed by atoms with Gasteiger partial charge in [-0.15, -0.1) is 9.24 Å². The van der Waals surface area contributed by atoms with Crippen molar-refractivity contribution in [2.24, 2.45) is 0 Å². The molecular weight excluding hydrogens is 131 g/mol. The molecule has 0 amide bonds. The summed E-state index contributed by atoms with van der Waals surface area (Å²) < 4.78 is 0. The first-order chi connectivity index (χ1) is 4.20. The zero-order valence-electron chi connectivity index (χ0n) is 4.96. The van der Waals surface area contributed by atoms with E-state index in [-0.39, 0.29) is 0 Å². The van der Waals surface area contributed by atoms with Gasteiger partial charge in [0.05, 0.1) is 0 Å². The monoisotopic (exact) mass is 140 g/mol. The van der Waals surface area contributed by atoms with Crippen LogP contribution in [-0.2, 0) is 0 Å². The number of hydrogen-bond donors (Lipinski definition) is 2. The van der Waals surface area contributed by atoms with Crippen LogP contribution in [0, 0.1) is 0 Å². The second-order valence-electron chi connectivity index (χ2n) is 1.89. The Morgan fingerprint density at radius 3 is 2.33 bits per heavy atom. The van der Waals surface area contributed by atoms with Gasteiger partial charge in [0.2, 0.25) is 0 Å². The van der Waals surface area contributed by atoms with Crippen molar-refractivity contribution >= 4 is 25.9 Å². The molecule has 1 rings (SSSR count). The van der Waals surface area contributed by atoms with Gasteiger partial charge in [0.1, 0.15) is 0 Å². The highest BCUT2D eigenvalue weighted by atomic mass is 31.0. The minimum atomic E-state index is 0.707. The van der Waals surface area contributed by atoms with Gasteiger partial charge in [-0.2, -0.15) is 0 Å². The van der Waals surface area contributed by atoms with Crippen LogP contribution in [0.5, 0.6) is 0 Å². The van der Waals surface area contributed by atoms with Crippen molar-refractivity contribution in [3.05, 3.63) is 18.2 Å². The van der Waals surface area contributed by atoms with E-state index < -0.39 is 0 Å². The van der Waals surface area contributed by atoms with Gasteiger partial charge in [-0.05, 0) is 17.4 Å². The molecule has 4 N–H and O–H groups in total. The molecule has 0 aliphatic carbocycles. The van der Waals surface area contributed by atoms with Crippen LogP contribution in [0.25, 0.3) is 0 Å². The smallest absolute Gasteiger partial charge is 0.0407 e. The third-order valence-corrected chi connectivity index (χ3v) is 1.64. The van der Waals surface area contributed by atoms with E-state index >= 15 is 0 Å². The Bertz CT molecular complexity index is 222. The molecule has 3 heteroatoms. The predicted molar refractivity (Wildman–Crippen MR) is 44.6 cm³/mol. The Morgan fingerprint density at radius 2 is 1.89 bits per heavy atom. The summed E-state index contributed by atoms with van der Waals surface area (Å²) in [6, 6.07) is 5.43. The third-order valence-electron chi connectivity index (χ3n) is 1.11. The molecule has 48 valence electrons. The van der Waals surface area contributed by atoms with Crippen molar-refractivity contribution < 1.29 is 0 Å². The Labute approximate surface area is 56.4 Å². The van der Waals surface area contributed by atoms with Crippen LogP contribution in [0.2, 0.25) is 0 Å². The maximum atomic E-state index is 5.52. The van der Waals surface area contributed by atoms with Gasteiger partial charge in [0.15, 0.2) is 0 Å². The first kappa shape index (κ1) is 6.37. The van der Waals surface area contributed by atoms with Crippen LogP contribution in [-0.4, -0.2) is 0 Å². The number of benzene rings is 1. The molecule has 0 fully saturated rings. The summed E-state index contributed by atoms with van der Waals surface area (Å²) in [6.45, 7) is 0. The van der Waals surface area contributed by atoms with Crippen molar-refractivity contribution in [3.8, 4) is 0 Å². The van der Waals surface area contributed by atoms with E-state index in [2.05, 4.69) is 9.24 Å². The molecule has 1 unspecified atom stereocenters. The summed E-state index contributed by atoms with van der Waals surface area (Å²) in [5.41, 5.74) is 12.4. The first-order valence-electron chi connectivity index (χ1n) is 2.60. The molecule has 0 bridgehead atoms. The lowest BCUT2D eigenvalue weighted by Crippen LogP contribution is -2.01. The molecule has 0 aliphatic rings. The van der Waals surface area contributed by atoms with Gasteiger partial charge in [0, 0.05) is 11.4 Å². The Kier molecular flexibility index (Phi) is 1.58. The largest absolute Gasteiger partial charge is 0.399 e. The van der Waals surface area contributed by atoms with E-state index in [1.165, 1.54) is 0 Å². The van der Waals surface area contributed by atoms with E-state index in [1.54, 1.807) is 6.07 Å². The number of rotatable bonds is 0. The average Bonchev–Trinajstić information content (AvgIpc) is 1.80. The second kappa shape index (κ2) is 2.24. The van der Waals surface area contributed by atoms with Crippen molar-refractivity contribution in [2.75, 3.05) is 11.5 Å². The van der Waals surface area contributed by atoms with E-state index in [0.717, 1.165) is 11.0 Å². The van der Waals surface area contributed by atoms with Gasteiger partial charge >= 0.3 is 0 Å². The standard InChI is InChI=1S/C6H9N2P/c7-4-1-2-6(9)5(8)3-4/h1-3H,7-9H2. The SMILES string of the molecule is Nc1ccc(P)c(N)c1. The third kappa shape index (κ3) is 1.33. The summed E-state index contributed by atoms with van der Waals surface area (Å²) >= 11 is 0. The van der Waals surface area contributed by atoms with Gasteiger partial charge in [-0.25, -0.2) is 0 Å². The summed E-state index contributed by atoms with van der Waals surface area (Å²) in [5.74, 6) is 0. The molecule has 0 aromatic heterocycles. The molecule has 9 heavy (non-hydrogen) atoms. The van der Waals surface area contributed by atoms with Gasteiger partial charge in [-0.3, -0.25) is 0 Å². The first-order valence-corrected chi connectivity index (χ1v) is 3.18. The fourth-order valence-corrected chi connectivity index (χ4v) is 0.773. The lowest BCUT2D eigenvalue weighted by Gasteiger charge is -1.98. The molecule has 1 atom stereocenters. The van der Waals surface area contributed by atoms with Crippen molar-refractivity contribution in [2.45, 2.75) is 0 Å². The quantitative estimate of drug-likeness (QED) is 0.403. The summed E-state index contributed by atoms with van der Waals surface area (Å²) in [5, 5.41) is 0.990. The highest BCUT2D eigenvalue weighted by molar-refractivity contribution is 7.28. The predicted octanol–water partition coefficient (Wildman–Crippen LogP) is 0.351. The summed E-state index contributed by atoms with van der Waals surface area (Å²) in [7, 11) is 2.53. The topological polar surface area (TPSA) is 52.0 Å². The van der Waals surface area contributed by atoms with Crippen LogP contribution in [0.4, 0.5) is 11.4 Å². The van der Waals surface area contributed by atoms with Crippen molar-refractivity contribution in [1.29, 1.82) is 0 Å². The maximum absolute atomic E-state index is 5.52. The van der Waals surface area contributed by atoms with Gasteiger partial charge in [0.25, 0.3) is 0 Å². The van der Waals surface area contributed by atoms with Crippen LogP contribution in [0.3, 0.4) is 0 Å². The van der Waals surface area contributed by atoms with E-state index in [0.29, 0.717) is 5.69 Å². The zero-order valence-corrected chi connectivity index (χ0v) is 6.12. The van der Waals surface area contributed by atoms with Crippen LogP contribution in [0.15, 0.2) is 18.2 Å². The minimum Gasteiger partial charge on any atom is -0.399 e. The maximum Gasteiger partial charge on any atom is 0.0407 e. The fourth-order valence-electron chi connectivity index (χ4n) is 0.593. The molecule has 2 nitrogen and oxygen atoms in total. The highest BCUT2D eigenvalue weighted by Gasteiger charge is 1.90. The number of hydrogen-bond acceptors (Lipinski definition) is 2. The summed E-state index contributed by atoms with van der Waals surface area (Å²) in [4.78, 5) is 0. The lowest BCUT2D eigenvalue weighted by atomic mass is 10.3. The number of nitrogen functional groups attached to an aromatic ring is 2. The zero-order chi connectivity index (χ0) is 6.85. The Hall–Kier alpha value is -0.750. The normalized spacial score (nSPS) is 9.44. The molecule has 0 heterocycles. The molecule has 1 aromatic rings. The van der Waals surface area contributed by atoms with Crippen molar-refractivity contribution in [3.63, 3.8) is 0 Å². The molecule has 0 radical (unpaired) electrons. The molecule has 0 aliphatic heterocycles. The van der Waals surface area contributed by atoms with E-state index in [4.69, 9.17) is 11.5 Å². The number of anilines is 2. The number of nitrogens with two attached hydrogens (primary N) is 2. The average molecular weight is 140 g/mol. The fraction of sp³-hybridized carbons (Fsp3) is 0. The van der Waals surface area contributed by atoms with Gasteiger partial charge < -0.3 is 11.5 Å². The second-order valence-corrected chi connectivity index (χ2v) is 2.51.